The third kappa shape index (κ3) is 2.58. The molecule has 0 aliphatic heterocycles. The summed E-state index contributed by atoms with van der Waals surface area (Å²) in [6.07, 6.45) is 2.11. The number of benzene rings is 2. The first-order valence-corrected chi connectivity index (χ1v) is 6.56. The minimum absolute atomic E-state index is 0.308. The fourth-order valence-electron chi connectivity index (χ4n) is 1.61. The van der Waals surface area contributed by atoms with Gasteiger partial charge >= 0.3 is 0 Å². The number of phenolic OH excluding ortho intramolecular Hbond substituents is 1. The van der Waals surface area contributed by atoms with Gasteiger partial charge in [-0.2, -0.15) is 11.8 Å². The Morgan fingerprint density at radius 3 is 1.88 bits per heavy atom. The second-order valence-corrected chi connectivity index (χ2v) is 4.54. The molecule has 0 saturated heterocycles. The quantitative estimate of drug-likeness (QED) is 0.862. The largest absolute Gasteiger partial charge is 0.508 e. The lowest BCUT2D eigenvalue weighted by Gasteiger charge is -2.03. The van der Waals surface area contributed by atoms with Crippen molar-refractivity contribution >= 4 is 11.8 Å². The zero-order valence-corrected chi connectivity index (χ0v) is 10.00. The van der Waals surface area contributed by atoms with Gasteiger partial charge < -0.3 is 5.11 Å². The highest BCUT2D eigenvalue weighted by Crippen LogP contribution is 2.22. The van der Waals surface area contributed by atoms with Gasteiger partial charge in [0.15, 0.2) is 0 Å². The fourth-order valence-corrected chi connectivity index (χ4v) is 2.14. The van der Waals surface area contributed by atoms with Gasteiger partial charge in [0.1, 0.15) is 5.75 Å². The molecule has 0 aromatic heterocycles. The lowest BCUT2D eigenvalue weighted by molar-refractivity contribution is 0.475. The smallest absolute Gasteiger partial charge is 0.115 e. The number of phenols is 1. The molecule has 2 aromatic rings. The van der Waals surface area contributed by atoms with Gasteiger partial charge in [0, 0.05) is 5.75 Å². The number of rotatable bonds is 3. The standard InChI is InChI=1S/C14H14OS/c1-16-10-11-2-4-12(5-3-11)13-6-8-14(15)9-7-13/h2-9,15H,10H2,1H3. The van der Waals surface area contributed by atoms with E-state index in [0.29, 0.717) is 5.75 Å². The summed E-state index contributed by atoms with van der Waals surface area (Å²) in [5.41, 5.74) is 3.66. The van der Waals surface area contributed by atoms with Gasteiger partial charge in [-0.05, 0) is 35.1 Å². The Balaban J connectivity index is 2.24. The summed E-state index contributed by atoms with van der Waals surface area (Å²) in [5, 5.41) is 9.21. The van der Waals surface area contributed by atoms with Crippen LogP contribution in [0.1, 0.15) is 5.56 Å². The van der Waals surface area contributed by atoms with Crippen LogP contribution in [0.2, 0.25) is 0 Å². The molecule has 0 aliphatic rings. The molecule has 0 fully saturated rings. The van der Waals surface area contributed by atoms with E-state index in [4.69, 9.17) is 0 Å². The monoisotopic (exact) mass is 230 g/mol. The van der Waals surface area contributed by atoms with E-state index in [-0.39, 0.29) is 0 Å². The predicted molar refractivity (Wildman–Crippen MR) is 70.8 cm³/mol. The van der Waals surface area contributed by atoms with Gasteiger partial charge in [-0.1, -0.05) is 36.4 Å². The molecule has 0 amide bonds. The van der Waals surface area contributed by atoms with Crippen LogP contribution in [0.4, 0.5) is 0 Å². The molecule has 2 heteroatoms. The lowest BCUT2D eigenvalue weighted by Crippen LogP contribution is -1.81. The highest BCUT2D eigenvalue weighted by atomic mass is 32.2. The average molecular weight is 230 g/mol. The van der Waals surface area contributed by atoms with E-state index >= 15 is 0 Å². The van der Waals surface area contributed by atoms with Crippen molar-refractivity contribution in [3.8, 4) is 16.9 Å². The minimum atomic E-state index is 0.308. The van der Waals surface area contributed by atoms with Crippen LogP contribution >= 0.6 is 11.8 Å². The molecular weight excluding hydrogens is 216 g/mol. The Labute approximate surface area is 100 Å². The van der Waals surface area contributed by atoms with Crippen molar-refractivity contribution in [1.29, 1.82) is 0 Å². The van der Waals surface area contributed by atoms with Crippen molar-refractivity contribution < 1.29 is 5.11 Å². The second kappa shape index (κ2) is 5.08. The van der Waals surface area contributed by atoms with Crippen molar-refractivity contribution in [2.45, 2.75) is 5.75 Å². The van der Waals surface area contributed by atoms with Crippen LogP contribution in [0, 0.1) is 0 Å². The van der Waals surface area contributed by atoms with Gasteiger partial charge in [0.05, 0.1) is 0 Å². The van der Waals surface area contributed by atoms with E-state index < -0.39 is 0 Å². The normalized spacial score (nSPS) is 10.3. The maximum atomic E-state index is 9.21. The Hall–Kier alpha value is -1.41. The molecule has 1 N–H and O–H groups in total. The summed E-state index contributed by atoms with van der Waals surface area (Å²) in [4.78, 5) is 0. The molecule has 0 aliphatic carbocycles. The summed E-state index contributed by atoms with van der Waals surface area (Å²) in [6.45, 7) is 0. The van der Waals surface area contributed by atoms with E-state index in [1.807, 2.05) is 23.9 Å². The molecular formula is C14H14OS. The zero-order chi connectivity index (χ0) is 11.4. The van der Waals surface area contributed by atoms with Gasteiger partial charge in [0.2, 0.25) is 0 Å². The first-order valence-electron chi connectivity index (χ1n) is 5.17. The van der Waals surface area contributed by atoms with Gasteiger partial charge in [0.25, 0.3) is 0 Å². The van der Waals surface area contributed by atoms with Crippen molar-refractivity contribution in [3.05, 3.63) is 54.1 Å². The Bertz CT molecular complexity index is 445. The Kier molecular flexibility index (Phi) is 3.52. The third-order valence-electron chi connectivity index (χ3n) is 2.47. The molecule has 2 aromatic carbocycles. The molecule has 0 spiro atoms. The lowest BCUT2D eigenvalue weighted by atomic mass is 10.0. The van der Waals surface area contributed by atoms with Crippen LogP contribution in [-0.2, 0) is 5.75 Å². The highest BCUT2D eigenvalue weighted by Gasteiger charge is 1.98. The van der Waals surface area contributed by atoms with Gasteiger partial charge in [-0.25, -0.2) is 0 Å². The van der Waals surface area contributed by atoms with Crippen molar-refractivity contribution in [2.24, 2.45) is 0 Å². The third-order valence-corrected chi connectivity index (χ3v) is 3.09. The second-order valence-electron chi connectivity index (χ2n) is 3.68. The molecule has 0 bridgehead atoms. The number of hydrogen-bond acceptors (Lipinski definition) is 2. The van der Waals surface area contributed by atoms with E-state index in [1.165, 1.54) is 11.1 Å². The minimum Gasteiger partial charge on any atom is -0.508 e. The first kappa shape index (κ1) is 11.1. The van der Waals surface area contributed by atoms with Crippen LogP contribution in [0.5, 0.6) is 5.75 Å². The van der Waals surface area contributed by atoms with Gasteiger partial charge in [-0.15, -0.1) is 0 Å². The molecule has 16 heavy (non-hydrogen) atoms. The molecule has 2 rings (SSSR count). The number of thioether (sulfide) groups is 1. The average Bonchev–Trinajstić information content (AvgIpc) is 2.32. The molecule has 0 atom stereocenters. The molecule has 82 valence electrons. The summed E-state index contributed by atoms with van der Waals surface area (Å²) in [7, 11) is 0. The molecule has 1 nitrogen and oxygen atoms in total. The zero-order valence-electron chi connectivity index (χ0n) is 9.18. The first-order chi connectivity index (χ1) is 7.79. The van der Waals surface area contributed by atoms with E-state index in [9.17, 15) is 5.11 Å². The summed E-state index contributed by atoms with van der Waals surface area (Å²) < 4.78 is 0. The van der Waals surface area contributed by atoms with Crippen LogP contribution in [0.3, 0.4) is 0 Å². The number of aromatic hydroxyl groups is 1. The summed E-state index contributed by atoms with van der Waals surface area (Å²) in [5.74, 6) is 1.36. The molecule has 0 heterocycles. The predicted octanol–water partition coefficient (Wildman–Crippen LogP) is 3.92. The topological polar surface area (TPSA) is 20.2 Å². The summed E-state index contributed by atoms with van der Waals surface area (Å²) >= 11 is 1.83. The molecule has 0 unspecified atom stereocenters. The van der Waals surface area contributed by atoms with Crippen LogP contribution in [-0.4, -0.2) is 11.4 Å². The van der Waals surface area contributed by atoms with E-state index in [2.05, 4.69) is 30.5 Å². The molecule has 0 radical (unpaired) electrons. The fraction of sp³-hybridized carbons (Fsp3) is 0.143. The van der Waals surface area contributed by atoms with Gasteiger partial charge in [-0.3, -0.25) is 0 Å². The molecule has 0 saturated carbocycles. The maximum Gasteiger partial charge on any atom is 0.115 e. The number of hydrogen-bond donors (Lipinski definition) is 1. The Morgan fingerprint density at radius 1 is 0.875 bits per heavy atom. The van der Waals surface area contributed by atoms with E-state index in [0.717, 1.165) is 11.3 Å². The highest BCUT2D eigenvalue weighted by molar-refractivity contribution is 7.97. The van der Waals surface area contributed by atoms with Crippen LogP contribution < -0.4 is 0 Å². The van der Waals surface area contributed by atoms with Crippen molar-refractivity contribution in [1.82, 2.24) is 0 Å². The van der Waals surface area contributed by atoms with Crippen molar-refractivity contribution in [3.63, 3.8) is 0 Å². The Morgan fingerprint density at radius 2 is 1.38 bits per heavy atom. The van der Waals surface area contributed by atoms with E-state index in [1.54, 1.807) is 12.1 Å². The maximum absolute atomic E-state index is 9.21. The van der Waals surface area contributed by atoms with Crippen LogP contribution in [0.25, 0.3) is 11.1 Å². The van der Waals surface area contributed by atoms with Crippen LogP contribution in [0.15, 0.2) is 48.5 Å². The SMILES string of the molecule is CSCc1ccc(-c2ccc(O)cc2)cc1. The van der Waals surface area contributed by atoms with Crippen molar-refractivity contribution in [2.75, 3.05) is 6.26 Å². The summed E-state index contributed by atoms with van der Waals surface area (Å²) in [6, 6.07) is 15.8.